The number of fused-ring (bicyclic) bond motifs is 3. The van der Waals surface area contributed by atoms with E-state index < -0.39 is 0 Å². The summed E-state index contributed by atoms with van der Waals surface area (Å²) in [4.78, 5) is 0. The van der Waals surface area contributed by atoms with Crippen molar-refractivity contribution in [1.82, 2.24) is 0 Å². The third-order valence-electron chi connectivity index (χ3n) is 2.91. The summed E-state index contributed by atoms with van der Waals surface area (Å²) in [6.07, 6.45) is 5.50. The fourth-order valence-corrected chi connectivity index (χ4v) is 2.17. The molecule has 0 fully saturated rings. The van der Waals surface area contributed by atoms with E-state index in [0.717, 1.165) is 17.9 Å². The maximum absolute atomic E-state index is 5.80. The highest BCUT2D eigenvalue weighted by Gasteiger charge is 2.29. The molecule has 1 aromatic carbocycles. The molecule has 0 bridgehead atoms. The van der Waals surface area contributed by atoms with Gasteiger partial charge in [-0.2, -0.15) is 0 Å². The molecule has 1 nitrogen and oxygen atoms in total. The van der Waals surface area contributed by atoms with Crippen LogP contribution in [-0.2, 0) is 0 Å². The van der Waals surface area contributed by atoms with Crippen molar-refractivity contribution in [2.75, 3.05) is 0 Å². The van der Waals surface area contributed by atoms with E-state index in [2.05, 4.69) is 31.2 Å². The van der Waals surface area contributed by atoms with Crippen molar-refractivity contribution < 1.29 is 4.74 Å². The van der Waals surface area contributed by atoms with Crippen LogP contribution in [0.1, 0.15) is 24.8 Å². The smallest absolute Gasteiger partial charge is 0.130 e. The molecule has 0 N–H and O–H groups in total. The molecular formula is C13H12O. The largest absolute Gasteiger partial charge is 0.461 e. The van der Waals surface area contributed by atoms with Gasteiger partial charge in [0.25, 0.3) is 0 Å². The first-order valence-electron chi connectivity index (χ1n) is 5.00. The van der Waals surface area contributed by atoms with Gasteiger partial charge >= 0.3 is 0 Å². The van der Waals surface area contributed by atoms with Gasteiger partial charge in [0, 0.05) is 11.5 Å². The van der Waals surface area contributed by atoms with Crippen molar-refractivity contribution in [3.8, 4) is 5.75 Å². The summed E-state index contributed by atoms with van der Waals surface area (Å²) in [7, 11) is 0. The molecule has 1 aromatic rings. The van der Waals surface area contributed by atoms with Gasteiger partial charge in [0.2, 0.25) is 0 Å². The van der Waals surface area contributed by atoms with Gasteiger partial charge in [-0.05, 0) is 25.5 Å². The maximum atomic E-state index is 5.80. The molecule has 0 amide bonds. The van der Waals surface area contributed by atoms with Crippen LogP contribution in [0.3, 0.4) is 0 Å². The van der Waals surface area contributed by atoms with Crippen LogP contribution in [0.15, 0.2) is 47.7 Å². The Morgan fingerprint density at radius 3 is 3.07 bits per heavy atom. The number of hydrogen-bond donors (Lipinski definition) is 0. The number of rotatable bonds is 0. The van der Waals surface area contributed by atoms with Crippen LogP contribution in [0, 0.1) is 0 Å². The highest BCUT2D eigenvalue weighted by Crippen LogP contribution is 2.44. The molecular weight excluding hydrogens is 172 g/mol. The lowest BCUT2D eigenvalue weighted by Gasteiger charge is -2.13. The first-order valence-corrected chi connectivity index (χ1v) is 5.00. The van der Waals surface area contributed by atoms with Gasteiger partial charge in [0.15, 0.2) is 0 Å². The SMILES string of the molecule is CC1=CCC2C(=C1)Oc1ccccc12. The van der Waals surface area contributed by atoms with Crippen molar-refractivity contribution in [3.05, 3.63) is 53.3 Å². The number of benzene rings is 1. The molecule has 1 unspecified atom stereocenters. The van der Waals surface area contributed by atoms with E-state index >= 15 is 0 Å². The van der Waals surface area contributed by atoms with Crippen LogP contribution < -0.4 is 4.74 Å². The maximum Gasteiger partial charge on any atom is 0.130 e. The Kier molecular flexibility index (Phi) is 1.54. The first kappa shape index (κ1) is 7.86. The zero-order chi connectivity index (χ0) is 9.54. The van der Waals surface area contributed by atoms with Gasteiger partial charge in [-0.25, -0.2) is 0 Å². The molecule has 0 saturated carbocycles. The van der Waals surface area contributed by atoms with Crippen molar-refractivity contribution in [1.29, 1.82) is 0 Å². The van der Waals surface area contributed by atoms with E-state index in [9.17, 15) is 0 Å². The van der Waals surface area contributed by atoms with Crippen LogP contribution >= 0.6 is 0 Å². The second kappa shape index (κ2) is 2.74. The minimum Gasteiger partial charge on any atom is -0.461 e. The van der Waals surface area contributed by atoms with Crippen molar-refractivity contribution in [3.63, 3.8) is 0 Å². The second-order valence-electron chi connectivity index (χ2n) is 3.92. The minimum atomic E-state index is 0.467. The molecule has 1 heteroatoms. The van der Waals surface area contributed by atoms with Crippen molar-refractivity contribution >= 4 is 0 Å². The topological polar surface area (TPSA) is 9.23 Å². The van der Waals surface area contributed by atoms with Crippen LogP contribution in [0.5, 0.6) is 5.75 Å². The molecule has 0 spiro atoms. The summed E-state index contributed by atoms with van der Waals surface area (Å²) in [5, 5.41) is 0. The van der Waals surface area contributed by atoms with Gasteiger partial charge < -0.3 is 4.74 Å². The van der Waals surface area contributed by atoms with E-state index in [1.807, 2.05) is 12.1 Å². The Labute approximate surface area is 83.7 Å². The lowest BCUT2D eigenvalue weighted by molar-refractivity contribution is 0.424. The van der Waals surface area contributed by atoms with E-state index in [0.29, 0.717) is 5.92 Å². The molecule has 2 aliphatic rings. The molecule has 3 rings (SSSR count). The monoisotopic (exact) mass is 184 g/mol. The Balaban J connectivity index is 2.09. The van der Waals surface area contributed by atoms with Crippen LogP contribution in [0.2, 0.25) is 0 Å². The Hall–Kier alpha value is -1.50. The third kappa shape index (κ3) is 1.02. The van der Waals surface area contributed by atoms with E-state index in [4.69, 9.17) is 4.74 Å². The van der Waals surface area contributed by atoms with Gasteiger partial charge in [-0.1, -0.05) is 29.8 Å². The fourth-order valence-electron chi connectivity index (χ4n) is 2.17. The summed E-state index contributed by atoms with van der Waals surface area (Å²) in [6, 6.07) is 8.31. The predicted molar refractivity (Wildman–Crippen MR) is 56.3 cm³/mol. The minimum absolute atomic E-state index is 0.467. The van der Waals surface area contributed by atoms with Crippen molar-refractivity contribution in [2.24, 2.45) is 0 Å². The zero-order valence-corrected chi connectivity index (χ0v) is 8.16. The average molecular weight is 184 g/mol. The highest BCUT2D eigenvalue weighted by atomic mass is 16.5. The Bertz CT molecular complexity index is 440. The summed E-state index contributed by atoms with van der Waals surface area (Å²) in [5.74, 6) is 2.62. The van der Waals surface area contributed by atoms with E-state index in [1.165, 1.54) is 11.1 Å². The predicted octanol–water partition coefficient (Wildman–Crippen LogP) is 3.40. The lowest BCUT2D eigenvalue weighted by atomic mass is 9.90. The summed E-state index contributed by atoms with van der Waals surface area (Å²) in [6.45, 7) is 2.12. The van der Waals surface area contributed by atoms with Crippen molar-refractivity contribution in [2.45, 2.75) is 19.3 Å². The normalized spacial score (nSPS) is 23.1. The van der Waals surface area contributed by atoms with Gasteiger partial charge in [0.05, 0.1) is 0 Å². The molecule has 0 saturated heterocycles. The van der Waals surface area contributed by atoms with Gasteiger partial charge in [0.1, 0.15) is 11.5 Å². The molecule has 1 atom stereocenters. The quantitative estimate of drug-likeness (QED) is 0.600. The summed E-state index contributed by atoms with van der Waals surface area (Å²) < 4.78 is 5.80. The molecule has 1 heterocycles. The van der Waals surface area contributed by atoms with Gasteiger partial charge in [-0.15, -0.1) is 0 Å². The molecule has 0 aromatic heterocycles. The Morgan fingerprint density at radius 1 is 1.29 bits per heavy atom. The fraction of sp³-hybridized carbons (Fsp3) is 0.231. The van der Waals surface area contributed by atoms with Gasteiger partial charge in [-0.3, -0.25) is 0 Å². The number of allylic oxidation sites excluding steroid dienone is 4. The molecule has 1 aliphatic carbocycles. The lowest BCUT2D eigenvalue weighted by Crippen LogP contribution is -2.02. The van der Waals surface area contributed by atoms with E-state index in [-0.39, 0.29) is 0 Å². The number of hydrogen-bond acceptors (Lipinski definition) is 1. The summed E-state index contributed by atoms with van der Waals surface area (Å²) >= 11 is 0. The number of para-hydroxylation sites is 1. The van der Waals surface area contributed by atoms with Crippen LogP contribution in [-0.4, -0.2) is 0 Å². The highest BCUT2D eigenvalue weighted by molar-refractivity contribution is 5.49. The Morgan fingerprint density at radius 2 is 2.14 bits per heavy atom. The van der Waals surface area contributed by atoms with Crippen LogP contribution in [0.25, 0.3) is 0 Å². The molecule has 0 radical (unpaired) electrons. The number of ether oxygens (including phenoxy) is 1. The third-order valence-corrected chi connectivity index (χ3v) is 2.91. The molecule has 14 heavy (non-hydrogen) atoms. The molecule has 1 aliphatic heterocycles. The average Bonchev–Trinajstić information content (AvgIpc) is 2.54. The van der Waals surface area contributed by atoms with Crippen LogP contribution in [0.4, 0.5) is 0 Å². The van der Waals surface area contributed by atoms with E-state index in [1.54, 1.807) is 0 Å². The second-order valence-corrected chi connectivity index (χ2v) is 3.92. The first-order chi connectivity index (χ1) is 6.84. The summed E-state index contributed by atoms with van der Waals surface area (Å²) in [5.41, 5.74) is 2.64. The molecule has 70 valence electrons. The standard InChI is InChI=1S/C13H12O/c1-9-6-7-11-10-4-2-3-5-12(10)14-13(11)8-9/h2-6,8,11H,7H2,1H3. The zero-order valence-electron chi connectivity index (χ0n) is 8.16.